The summed E-state index contributed by atoms with van der Waals surface area (Å²) in [6, 6.07) is 33.6. The van der Waals surface area contributed by atoms with E-state index in [0.717, 1.165) is 44.9 Å². The van der Waals surface area contributed by atoms with Gasteiger partial charge < -0.3 is 70.6 Å². The van der Waals surface area contributed by atoms with Gasteiger partial charge in [-0.15, -0.1) is 6.58 Å². The van der Waals surface area contributed by atoms with Gasteiger partial charge in [-0.2, -0.15) is 0 Å². The highest BCUT2D eigenvalue weighted by Gasteiger charge is 2.32. The van der Waals surface area contributed by atoms with Gasteiger partial charge in [-0.1, -0.05) is 144 Å². The van der Waals surface area contributed by atoms with E-state index in [1.165, 1.54) is 72.2 Å². The maximum absolute atomic E-state index is 12.0. The number of carbonyl (C=O) groups excluding carboxylic acids is 2. The zero-order chi connectivity index (χ0) is 66.4. The molecule has 2 aliphatic carbocycles. The largest absolute Gasteiger partial charge is 0.479 e. The summed E-state index contributed by atoms with van der Waals surface area (Å²) in [5.41, 5.74) is 14.8. The second-order valence-electron chi connectivity index (χ2n) is 21.1. The van der Waals surface area contributed by atoms with Crippen molar-refractivity contribution in [3.05, 3.63) is 132 Å². The van der Waals surface area contributed by atoms with Gasteiger partial charge in [0.05, 0.1) is 44.7 Å². The van der Waals surface area contributed by atoms with Crippen LogP contribution in [0.2, 0.25) is 0 Å². The maximum atomic E-state index is 12.0. The minimum Gasteiger partial charge on any atom is -0.479 e. The minimum atomic E-state index is -1.22. The molecule has 1 unspecified atom stereocenters. The van der Waals surface area contributed by atoms with Gasteiger partial charge in [0, 0.05) is 39.8 Å². The van der Waals surface area contributed by atoms with E-state index in [4.69, 9.17) is 45.2 Å². The normalized spacial score (nSPS) is 14.1. The summed E-state index contributed by atoms with van der Waals surface area (Å²) in [5.74, 6) is -1.03. The average Bonchev–Trinajstić information content (AvgIpc) is 1.80. The predicted molar refractivity (Wildman–Crippen MR) is 341 cm³/mol. The lowest BCUT2D eigenvalue weighted by Gasteiger charge is -2.37. The van der Waals surface area contributed by atoms with Crippen molar-refractivity contribution in [3.63, 3.8) is 0 Å². The number of alkyl carbamates (subject to hydrolysis) is 2. The lowest BCUT2D eigenvalue weighted by atomic mass is 9.98. The van der Waals surface area contributed by atoms with Crippen molar-refractivity contribution in [2.24, 2.45) is 5.73 Å². The number of carboxylic acid groups (broad SMARTS) is 1. The molecule has 0 saturated carbocycles. The van der Waals surface area contributed by atoms with Crippen molar-refractivity contribution < 1.29 is 71.4 Å². The lowest BCUT2D eigenvalue weighted by molar-refractivity contribution is -0.146. The first-order valence-corrected chi connectivity index (χ1v) is 30.6. The van der Waals surface area contributed by atoms with E-state index < -0.39 is 45.0 Å². The fourth-order valence-electron chi connectivity index (χ4n) is 9.63. The van der Waals surface area contributed by atoms with Gasteiger partial charge in [0.2, 0.25) is 2.86 Å². The highest BCUT2D eigenvalue weighted by Crippen LogP contribution is 2.48. The molecule has 4 aromatic rings. The quantitative estimate of drug-likeness (QED) is 0.0115. The Morgan fingerprint density at radius 1 is 0.659 bits per heavy atom. The number of benzene rings is 4. The summed E-state index contributed by atoms with van der Waals surface area (Å²) in [6.45, 7) is 17.1. The Kier molecular flexibility index (Phi) is 37.3. The van der Waals surface area contributed by atoms with Crippen LogP contribution in [0.25, 0.3) is 22.3 Å². The molecule has 11 N–H and O–H groups in total. The highest BCUT2D eigenvalue weighted by atomic mass is 31.2. The van der Waals surface area contributed by atoms with Crippen LogP contribution in [0, 0.1) is 0 Å². The number of fused-ring (bicyclic) bond motifs is 6. The number of nitrogens with one attached hydrogen (secondary N) is 2. The Balaban J connectivity index is 0.000000606. The van der Waals surface area contributed by atoms with Crippen LogP contribution in [0.3, 0.4) is 0 Å². The van der Waals surface area contributed by atoms with E-state index in [2.05, 4.69) is 115 Å². The van der Waals surface area contributed by atoms with Crippen LogP contribution < -0.4 is 16.4 Å². The molecular weight excluding hydrogens is 1100 g/mol. The number of aliphatic hydroxyl groups excluding tert-OH is 6. The number of rotatable bonds is 36. The monoisotopic (exact) mass is 1210 g/mol. The Bertz CT molecular complexity index is 2410. The topological polar surface area (TPSA) is 283 Å². The van der Waals surface area contributed by atoms with Crippen molar-refractivity contribution in [1.29, 1.82) is 2.86 Å². The third kappa shape index (κ3) is 27.9. The predicted octanol–water partition coefficient (Wildman–Crippen LogP) is 11.4. The number of amides is 2. The molecule has 85 heavy (non-hydrogen) atoms. The number of ether oxygens (including phenoxy) is 2. The summed E-state index contributed by atoms with van der Waals surface area (Å²) < 4.78 is 50.4. The lowest BCUT2D eigenvalue weighted by Crippen LogP contribution is -2.35. The number of unbranched alkanes of at least 4 members (excludes halogenated alkanes) is 5. The van der Waals surface area contributed by atoms with E-state index in [1.807, 2.05) is 48.5 Å². The maximum Gasteiger partial charge on any atom is 0.407 e. The number of carboxylic acids is 1. The van der Waals surface area contributed by atoms with Crippen LogP contribution in [0.1, 0.15) is 170 Å². The summed E-state index contributed by atoms with van der Waals surface area (Å²) in [6.07, 6.45) is 8.36. The zero-order valence-electron chi connectivity index (χ0n) is 55.6. The summed E-state index contributed by atoms with van der Waals surface area (Å²) in [4.78, 5) is 34.0. The summed E-state index contributed by atoms with van der Waals surface area (Å²) in [5, 5.41) is 58.6. The van der Waals surface area contributed by atoms with E-state index in [9.17, 15) is 24.6 Å². The first-order chi connectivity index (χ1) is 43.1. The first-order valence-electron chi connectivity index (χ1n) is 32.3. The van der Waals surface area contributed by atoms with E-state index in [-0.39, 0.29) is 37.8 Å². The van der Waals surface area contributed by atoms with Gasteiger partial charge in [-0.3, -0.25) is 0 Å². The molecule has 0 spiro atoms. The van der Waals surface area contributed by atoms with Gasteiger partial charge in [0.25, 0.3) is 8.53 Å². The number of carbonyl (C=O) groups is 3. The van der Waals surface area contributed by atoms with Crippen LogP contribution in [-0.4, -0.2) is 157 Å². The molecule has 2 amide bonds. The Morgan fingerprint density at radius 3 is 1.45 bits per heavy atom. The molecule has 6 rings (SSSR count). The van der Waals surface area contributed by atoms with Crippen molar-refractivity contribution in [2.45, 2.75) is 181 Å². The molecule has 0 aromatic heterocycles. The molecule has 0 fully saturated rings. The second-order valence-corrected chi connectivity index (χ2v) is 22.5. The fourth-order valence-corrected chi connectivity index (χ4v) is 11.3. The van der Waals surface area contributed by atoms with Gasteiger partial charge in [-0.05, 0) is 143 Å². The molecule has 5 atom stereocenters. The minimum absolute atomic E-state index is 0.0137. The van der Waals surface area contributed by atoms with Crippen molar-refractivity contribution >= 4 is 26.7 Å². The fraction of sp³-hybridized carbons (Fsp3) is 0.561. The Labute approximate surface area is 514 Å². The third-order valence-electron chi connectivity index (χ3n) is 13.9. The van der Waals surface area contributed by atoms with Crippen molar-refractivity contribution in [3.8, 4) is 22.3 Å². The molecule has 0 heterocycles. The molecule has 0 saturated heterocycles. The smallest absolute Gasteiger partial charge is 0.407 e. The molecule has 2 aliphatic rings. The van der Waals surface area contributed by atoms with Gasteiger partial charge in [0.1, 0.15) is 13.2 Å². The number of nitrogens with two attached hydrogens (primary N) is 1. The number of hydrogen-bond donors (Lipinski definition) is 10. The van der Waals surface area contributed by atoms with Gasteiger partial charge >= 0.3 is 18.2 Å². The van der Waals surface area contributed by atoms with E-state index in [1.54, 1.807) is 6.08 Å². The molecule has 19 heteroatoms. The van der Waals surface area contributed by atoms with E-state index in [0.29, 0.717) is 77.2 Å². The molecule has 478 valence electrons. The molecule has 4 aromatic carbocycles. The average molecular weight is 1220 g/mol. The standard InChI is InChI=1S/2C21H25NO4.C16H34NO3P.C6H13NO3.2CH4/c2*23-13-15(24)7-5-6-12-22-21(25)26-14-20-18-10-3-1-8-16(18)17-9-2-4-11-19(17)20;1-7-9-10-11-16(13-18)20-21(19-12-8-2)17(14(3)4)15(5)6;7-4-2-1-3-5(8)6(9)10;;/h2*1-4,8-11,15,20,23-24H,5-7,12-14H2,(H,22,25);8,14-16,18H,2,7,9-13H2,1,3-6H3;5,8H,1-4,7H2,(H,9,10);2*1H4/t2*15-;16-,21?;5-;;/m0000../s1/i23D;;18D;;2*1T. The Hall–Kier alpha value is -5.34. The molecule has 0 radical (unpaired) electrons. The van der Waals surface area contributed by atoms with Crippen LogP contribution in [0.5, 0.6) is 0 Å². The molecule has 0 aliphatic heterocycles. The summed E-state index contributed by atoms with van der Waals surface area (Å²) >= 11 is 0. The van der Waals surface area contributed by atoms with Crippen LogP contribution >= 0.6 is 8.53 Å². The molecule has 18 nitrogen and oxygen atoms in total. The number of aliphatic hydroxyl groups is 6. The van der Waals surface area contributed by atoms with Crippen LogP contribution in [0.15, 0.2) is 110 Å². The van der Waals surface area contributed by atoms with Gasteiger partial charge in [0.15, 0.2) is 6.10 Å². The number of nitrogens with zero attached hydrogens (tertiary/aromatic N) is 1. The first kappa shape index (κ1) is 70.4. The van der Waals surface area contributed by atoms with Gasteiger partial charge in [-0.25, -0.2) is 19.1 Å². The number of aliphatic carboxylic acids is 1. The van der Waals surface area contributed by atoms with Crippen molar-refractivity contribution in [1.82, 2.24) is 15.3 Å². The molecular formula is C66H105N4O14P. The van der Waals surface area contributed by atoms with Crippen LogP contribution in [-0.2, 0) is 23.3 Å². The number of hydrogen-bond acceptors (Lipinski definition) is 15. The third-order valence-corrected chi connectivity index (χ3v) is 16.0. The molecule has 0 bridgehead atoms. The van der Waals surface area contributed by atoms with E-state index >= 15 is 0 Å². The summed E-state index contributed by atoms with van der Waals surface area (Å²) in [7, 11) is 1.32. The highest BCUT2D eigenvalue weighted by molar-refractivity contribution is 7.44. The van der Waals surface area contributed by atoms with Crippen LogP contribution in [0.4, 0.5) is 9.59 Å². The SMILES string of the molecule is NCCCC[C@H](O)C(=O)O.O=C(NCCCC[C@H](O)CO)OCC1c2ccccc2-c2ccccc21.[2H]OC[C@@H](O)CCCCNC(=O)OCC1c2ccccc2-c2ccccc21.[2H]OC[C@H](CCCCC)OP(OCC=C)N(C(C)C)C(C)C.[3H]C.[3H]C. The second kappa shape index (κ2) is 45.0. The zero-order valence-corrected chi connectivity index (χ0v) is 52.5. The van der Waals surface area contributed by atoms with Crippen molar-refractivity contribution in [2.75, 3.05) is 59.3 Å². The Morgan fingerprint density at radius 2 is 1.07 bits per heavy atom.